The van der Waals surface area contributed by atoms with E-state index in [0.717, 1.165) is 47.8 Å². The first kappa shape index (κ1) is 19.2. The molecule has 6 unspecified atom stereocenters. The van der Waals surface area contributed by atoms with Gasteiger partial charge in [0.1, 0.15) is 0 Å². The van der Waals surface area contributed by atoms with Crippen molar-refractivity contribution in [2.75, 3.05) is 19.2 Å². The topological polar surface area (TPSA) is 83.8 Å². The van der Waals surface area contributed by atoms with Crippen molar-refractivity contribution in [3.8, 4) is 0 Å². The van der Waals surface area contributed by atoms with E-state index in [-0.39, 0.29) is 0 Å². The van der Waals surface area contributed by atoms with Crippen LogP contribution < -0.4 is 0 Å². The molecule has 0 radical (unpaired) electrons. The number of ether oxygens (including phenoxy) is 1. The average Bonchev–Trinajstić information content (AvgIpc) is 3.29. The van der Waals surface area contributed by atoms with Gasteiger partial charge in [0.2, 0.25) is 0 Å². The molecule has 26 heavy (non-hydrogen) atoms. The molecular formula is C20H34O5S. The molecule has 150 valence electrons. The Kier molecular flexibility index (Phi) is 5.17. The van der Waals surface area contributed by atoms with Crippen LogP contribution in [0.25, 0.3) is 0 Å². The molecule has 0 saturated heterocycles. The van der Waals surface area contributed by atoms with Gasteiger partial charge in [0.05, 0.1) is 6.61 Å². The molecule has 0 aromatic carbocycles. The number of aliphatic hydroxyl groups is 1. The highest BCUT2D eigenvalue weighted by atomic mass is 32.2. The number of hydrogen-bond donors (Lipinski definition) is 2. The van der Waals surface area contributed by atoms with Gasteiger partial charge in [-0.3, -0.25) is 4.55 Å². The van der Waals surface area contributed by atoms with Gasteiger partial charge in [-0.2, -0.15) is 8.42 Å². The van der Waals surface area contributed by atoms with E-state index >= 15 is 0 Å². The Hall–Kier alpha value is -0.170. The number of aliphatic hydroxyl groups excluding tert-OH is 1. The Labute approximate surface area is 157 Å². The fourth-order valence-electron chi connectivity index (χ4n) is 7.65. The summed E-state index contributed by atoms with van der Waals surface area (Å²) in [6, 6.07) is 0. The van der Waals surface area contributed by atoms with E-state index in [1.54, 1.807) is 0 Å². The van der Waals surface area contributed by atoms with Crippen LogP contribution in [0.3, 0.4) is 0 Å². The molecule has 0 aromatic heterocycles. The van der Waals surface area contributed by atoms with Crippen LogP contribution in [0.2, 0.25) is 0 Å². The summed E-state index contributed by atoms with van der Waals surface area (Å²) in [5.74, 6) is 6.34. The van der Waals surface area contributed by atoms with E-state index in [1.807, 2.05) is 0 Å². The SMILES string of the molecule is CC1C(CC2C(C)[C@@H]3C[C@@H]2CC3CO)[C@H]2C[C@H]1CC2COCS(=O)(=O)O. The molecule has 4 bridgehead atoms. The second-order valence-corrected chi connectivity index (χ2v) is 11.2. The zero-order valence-electron chi connectivity index (χ0n) is 16.0. The Morgan fingerprint density at radius 2 is 1.62 bits per heavy atom. The van der Waals surface area contributed by atoms with E-state index in [4.69, 9.17) is 9.29 Å². The lowest BCUT2D eigenvalue weighted by molar-refractivity contribution is 0.0440. The lowest BCUT2D eigenvalue weighted by atomic mass is 9.66. The molecule has 0 aliphatic heterocycles. The molecule has 2 N–H and O–H groups in total. The summed E-state index contributed by atoms with van der Waals surface area (Å²) in [5, 5.41) is 9.60. The van der Waals surface area contributed by atoms with Gasteiger partial charge in [-0.25, -0.2) is 0 Å². The first-order valence-corrected chi connectivity index (χ1v) is 12.0. The summed E-state index contributed by atoms with van der Waals surface area (Å²) in [4.78, 5) is 0. The summed E-state index contributed by atoms with van der Waals surface area (Å²) >= 11 is 0. The van der Waals surface area contributed by atoms with Gasteiger partial charge in [-0.15, -0.1) is 0 Å². The predicted octanol–water partition coefficient (Wildman–Crippen LogP) is 3.05. The zero-order chi connectivity index (χ0) is 18.6. The fourth-order valence-corrected chi connectivity index (χ4v) is 7.96. The number of fused-ring (bicyclic) bond motifs is 4. The van der Waals surface area contributed by atoms with Crippen molar-refractivity contribution in [3.63, 3.8) is 0 Å². The lowest BCUT2D eigenvalue weighted by Gasteiger charge is -2.40. The largest absolute Gasteiger partial charge is 0.396 e. The summed E-state index contributed by atoms with van der Waals surface area (Å²) < 4.78 is 36.0. The van der Waals surface area contributed by atoms with Crippen LogP contribution in [-0.4, -0.2) is 37.2 Å². The maximum atomic E-state index is 10.9. The van der Waals surface area contributed by atoms with Crippen molar-refractivity contribution in [2.24, 2.45) is 59.2 Å². The minimum absolute atomic E-state index is 0.357. The summed E-state index contributed by atoms with van der Waals surface area (Å²) in [5.41, 5.74) is 0. The van der Waals surface area contributed by atoms with Crippen molar-refractivity contribution in [1.82, 2.24) is 0 Å². The third-order valence-corrected chi connectivity index (χ3v) is 9.30. The monoisotopic (exact) mass is 386 g/mol. The highest BCUT2D eigenvalue weighted by molar-refractivity contribution is 7.85. The molecule has 4 aliphatic rings. The van der Waals surface area contributed by atoms with E-state index in [2.05, 4.69) is 13.8 Å². The Bertz CT molecular complexity index is 616. The number of rotatable bonds is 7. The third-order valence-electron chi connectivity index (χ3n) is 8.84. The van der Waals surface area contributed by atoms with Crippen LogP contribution in [0.15, 0.2) is 0 Å². The molecule has 10 atom stereocenters. The van der Waals surface area contributed by atoms with Crippen molar-refractivity contribution in [1.29, 1.82) is 0 Å². The Morgan fingerprint density at radius 1 is 0.923 bits per heavy atom. The predicted molar refractivity (Wildman–Crippen MR) is 98.8 cm³/mol. The summed E-state index contributed by atoms with van der Waals surface area (Å²) in [7, 11) is -4.04. The van der Waals surface area contributed by atoms with Gasteiger partial charge in [0, 0.05) is 6.61 Å². The van der Waals surface area contributed by atoms with E-state index < -0.39 is 16.1 Å². The van der Waals surface area contributed by atoms with Gasteiger partial charge in [0.25, 0.3) is 10.1 Å². The van der Waals surface area contributed by atoms with Crippen LogP contribution in [0.5, 0.6) is 0 Å². The molecule has 0 heterocycles. The molecule has 0 aromatic rings. The van der Waals surface area contributed by atoms with Gasteiger partial charge >= 0.3 is 0 Å². The minimum atomic E-state index is -4.04. The molecule has 0 amide bonds. The van der Waals surface area contributed by atoms with Gasteiger partial charge in [0.15, 0.2) is 5.94 Å². The highest BCUT2D eigenvalue weighted by Gasteiger charge is 2.55. The van der Waals surface area contributed by atoms with E-state index in [0.29, 0.717) is 31.0 Å². The van der Waals surface area contributed by atoms with Crippen molar-refractivity contribution >= 4 is 10.1 Å². The molecular weight excluding hydrogens is 352 g/mol. The van der Waals surface area contributed by atoms with E-state index in [1.165, 1.54) is 25.7 Å². The molecule has 4 saturated carbocycles. The van der Waals surface area contributed by atoms with Crippen molar-refractivity contribution < 1.29 is 22.8 Å². The second-order valence-electron chi connectivity index (χ2n) is 9.85. The van der Waals surface area contributed by atoms with Crippen LogP contribution in [0.4, 0.5) is 0 Å². The second kappa shape index (κ2) is 7.02. The van der Waals surface area contributed by atoms with Crippen molar-refractivity contribution in [2.45, 2.75) is 46.0 Å². The first-order chi connectivity index (χ1) is 12.3. The highest BCUT2D eigenvalue weighted by Crippen LogP contribution is 2.62. The molecule has 6 heteroatoms. The summed E-state index contributed by atoms with van der Waals surface area (Å²) in [6.07, 6.45) is 6.24. The Morgan fingerprint density at radius 3 is 2.23 bits per heavy atom. The minimum Gasteiger partial charge on any atom is -0.396 e. The van der Waals surface area contributed by atoms with E-state index in [9.17, 15) is 13.5 Å². The molecule has 0 spiro atoms. The first-order valence-electron chi connectivity index (χ1n) is 10.4. The normalized spacial score (nSPS) is 50.0. The summed E-state index contributed by atoms with van der Waals surface area (Å²) in [6.45, 7) is 5.64. The quantitative estimate of drug-likeness (QED) is 0.657. The molecule has 4 aliphatic carbocycles. The third kappa shape index (κ3) is 3.36. The smallest absolute Gasteiger partial charge is 0.289 e. The van der Waals surface area contributed by atoms with Crippen molar-refractivity contribution in [3.05, 3.63) is 0 Å². The molecule has 4 fully saturated rings. The Balaban J connectivity index is 1.37. The average molecular weight is 387 g/mol. The number of hydrogen-bond acceptors (Lipinski definition) is 4. The van der Waals surface area contributed by atoms with Crippen LogP contribution in [0.1, 0.15) is 46.0 Å². The van der Waals surface area contributed by atoms with Crippen LogP contribution in [-0.2, 0) is 14.9 Å². The molecule has 5 nitrogen and oxygen atoms in total. The van der Waals surface area contributed by atoms with Crippen LogP contribution >= 0.6 is 0 Å². The van der Waals surface area contributed by atoms with Gasteiger partial charge < -0.3 is 9.84 Å². The molecule has 4 rings (SSSR count). The maximum absolute atomic E-state index is 10.9. The van der Waals surface area contributed by atoms with Crippen LogP contribution in [0, 0.1) is 59.2 Å². The standard InChI is InChI=1S/C20H34O5S/c1-11-13-3-16(9-25-10-26(22,23)24)20(5-13)19(11)7-18-12(2)17-6-14(18)4-15(17)8-21/h11-21H,3-10H2,1-2H3,(H,22,23,24)/t11?,12?,13-,14+,15?,16?,17+,18?,19?,20+/m1/s1. The zero-order valence-corrected chi connectivity index (χ0v) is 16.8. The maximum Gasteiger partial charge on any atom is 0.289 e. The van der Waals surface area contributed by atoms with Gasteiger partial charge in [-0.05, 0) is 91.3 Å². The van der Waals surface area contributed by atoms with Gasteiger partial charge in [-0.1, -0.05) is 13.8 Å². The fraction of sp³-hybridized carbons (Fsp3) is 1.00. The lowest BCUT2D eigenvalue weighted by Crippen LogP contribution is -2.35.